The van der Waals surface area contributed by atoms with Crippen LogP contribution in [0.2, 0.25) is 0 Å². The normalized spacial score (nSPS) is 12.8. The summed E-state index contributed by atoms with van der Waals surface area (Å²) in [5.41, 5.74) is 7.43. The Bertz CT molecular complexity index is 429. The van der Waals surface area contributed by atoms with Crippen molar-refractivity contribution in [3.05, 3.63) is 29.3 Å². The van der Waals surface area contributed by atoms with Crippen LogP contribution in [0.5, 0.6) is 0 Å². The fourth-order valence-electron chi connectivity index (χ4n) is 1.62. The van der Waals surface area contributed by atoms with Crippen LogP contribution >= 0.6 is 0 Å². The molecule has 1 aliphatic rings. The van der Waals surface area contributed by atoms with E-state index in [1.165, 1.54) is 5.56 Å². The summed E-state index contributed by atoms with van der Waals surface area (Å²) in [7, 11) is 0. The number of benzene rings is 1. The van der Waals surface area contributed by atoms with Crippen molar-refractivity contribution in [2.75, 3.05) is 11.9 Å². The third-order valence-electron chi connectivity index (χ3n) is 2.32. The lowest BCUT2D eigenvalue weighted by Gasteiger charge is -2.04. The number of rotatable bonds is 1. The number of nitrogens with two attached hydrogens (primary N) is 1. The minimum absolute atomic E-state index is 0.432. The molecule has 1 aliphatic heterocycles. The molecule has 0 bridgehead atoms. The molecule has 1 aromatic rings. The van der Waals surface area contributed by atoms with Crippen molar-refractivity contribution in [3.8, 4) is 0 Å². The molecule has 0 spiro atoms. The Hall–Kier alpha value is -2.04. The molecular formula is C10H11N3O2. The highest BCUT2D eigenvalue weighted by Gasteiger charge is 2.13. The van der Waals surface area contributed by atoms with Crippen LogP contribution < -0.4 is 16.4 Å². The molecule has 1 aromatic carbocycles. The molecular weight excluding hydrogens is 194 g/mol. The van der Waals surface area contributed by atoms with E-state index in [4.69, 9.17) is 5.73 Å². The largest absolute Gasteiger partial charge is 0.384 e. The first-order chi connectivity index (χ1) is 7.16. The number of fused-ring (bicyclic) bond motifs is 1. The first kappa shape index (κ1) is 9.51. The van der Waals surface area contributed by atoms with Crippen LogP contribution in [0.1, 0.15) is 15.9 Å². The Labute approximate surface area is 86.6 Å². The third-order valence-corrected chi connectivity index (χ3v) is 2.32. The number of carbonyl (C=O) groups excluding carboxylic acids is 2. The third kappa shape index (κ3) is 1.90. The van der Waals surface area contributed by atoms with Crippen LogP contribution in [-0.2, 0) is 6.42 Å². The van der Waals surface area contributed by atoms with Gasteiger partial charge < -0.3 is 11.1 Å². The Morgan fingerprint density at radius 2 is 2.20 bits per heavy atom. The smallest absolute Gasteiger partial charge is 0.319 e. The predicted octanol–water partition coefficient (Wildman–Crippen LogP) is 0.463. The monoisotopic (exact) mass is 205 g/mol. The number of anilines is 1. The molecule has 1 heterocycles. The quantitative estimate of drug-likeness (QED) is 0.622. The number of carbonyl (C=O) groups is 2. The molecule has 15 heavy (non-hydrogen) atoms. The molecule has 0 aromatic heterocycles. The van der Waals surface area contributed by atoms with E-state index in [-0.39, 0.29) is 0 Å². The molecule has 0 atom stereocenters. The lowest BCUT2D eigenvalue weighted by atomic mass is 10.1. The lowest BCUT2D eigenvalue weighted by molar-refractivity contribution is 0.0966. The fraction of sp³-hybridized carbons (Fsp3) is 0.200. The average molecular weight is 205 g/mol. The van der Waals surface area contributed by atoms with Crippen molar-refractivity contribution in [2.24, 2.45) is 5.73 Å². The van der Waals surface area contributed by atoms with Crippen molar-refractivity contribution in [2.45, 2.75) is 6.42 Å². The molecule has 0 saturated heterocycles. The summed E-state index contributed by atoms with van der Waals surface area (Å²) in [6, 6.07) is 4.45. The summed E-state index contributed by atoms with van der Waals surface area (Å²) >= 11 is 0. The first-order valence-electron chi connectivity index (χ1n) is 4.64. The molecule has 0 fully saturated rings. The first-order valence-corrected chi connectivity index (χ1v) is 4.64. The maximum absolute atomic E-state index is 11.4. The highest BCUT2D eigenvalue weighted by Crippen LogP contribution is 2.22. The molecule has 4 N–H and O–H groups in total. The van der Waals surface area contributed by atoms with Gasteiger partial charge in [0.2, 0.25) is 0 Å². The van der Waals surface area contributed by atoms with E-state index in [9.17, 15) is 9.59 Å². The minimum Gasteiger partial charge on any atom is -0.384 e. The number of urea groups is 1. The molecule has 2 rings (SSSR count). The Balaban J connectivity index is 2.23. The molecule has 0 aliphatic carbocycles. The SMILES string of the molecule is NC(=O)NC(=O)c1ccc2c(c1)NCC2. The maximum atomic E-state index is 11.4. The zero-order chi connectivity index (χ0) is 10.8. The molecule has 0 saturated carbocycles. The predicted molar refractivity (Wildman–Crippen MR) is 55.7 cm³/mol. The van der Waals surface area contributed by atoms with Gasteiger partial charge in [-0.25, -0.2) is 4.79 Å². The van der Waals surface area contributed by atoms with E-state index in [1.807, 2.05) is 11.4 Å². The van der Waals surface area contributed by atoms with Crippen molar-refractivity contribution in [3.63, 3.8) is 0 Å². The second-order valence-corrected chi connectivity index (χ2v) is 3.37. The van der Waals surface area contributed by atoms with E-state index >= 15 is 0 Å². The summed E-state index contributed by atoms with van der Waals surface area (Å²) in [6.07, 6.45) is 0.965. The van der Waals surface area contributed by atoms with E-state index in [0.29, 0.717) is 5.56 Å². The summed E-state index contributed by atoms with van der Waals surface area (Å²) in [4.78, 5) is 21.9. The van der Waals surface area contributed by atoms with Crippen LogP contribution in [0, 0.1) is 0 Å². The Kier molecular flexibility index (Phi) is 2.29. The summed E-state index contributed by atoms with van der Waals surface area (Å²) < 4.78 is 0. The van der Waals surface area contributed by atoms with Crippen LogP contribution in [-0.4, -0.2) is 18.5 Å². The zero-order valence-corrected chi connectivity index (χ0v) is 8.04. The number of hydrogen-bond donors (Lipinski definition) is 3. The van der Waals surface area contributed by atoms with E-state index in [0.717, 1.165) is 18.7 Å². The van der Waals surface area contributed by atoms with Gasteiger partial charge in [-0.15, -0.1) is 0 Å². The number of imide groups is 1. The van der Waals surface area contributed by atoms with Gasteiger partial charge >= 0.3 is 6.03 Å². The summed E-state index contributed by atoms with van der Waals surface area (Å²) in [6.45, 7) is 0.885. The van der Waals surface area contributed by atoms with Crippen LogP contribution in [0.3, 0.4) is 0 Å². The van der Waals surface area contributed by atoms with Gasteiger partial charge in [0.1, 0.15) is 0 Å². The molecule has 5 nitrogen and oxygen atoms in total. The van der Waals surface area contributed by atoms with E-state index in [1.54, 1.807) is 12.1 Å². The second-order valence-electron chi connectivity index (χ2n) is 3.37. The standard InChI is InChI=1S/C10H11N3O2/c11-10(15)13-9(14)7-2-1-6-3-4-12-8(6)5-7/h1-2,5,12H,3-4H2,(H3,11,13,14,15). The van der Waals surface area contributed by atoms with Gasteiger partial charge in [0.05, 0.1) is 0 Å². The molecule has 0 radical (unpaired) electrons. The molecule has 5 heteroatoms. The van der Waals surface area contributed by atoms with E-state index < -0.39 is 11.9 Å². The highest BCUT2D eigenvalue weighted by atomic mass is 16.2. The second kappa shape index (κ2) is 3.61. The molecule has 3 amide bonds. The number of hydrogen-bond acceptors (Lipinski definition) is 3. The van der Waals surface area contributed by atoms with Gasteiger partial charge in [-0.2, -0.15) is 0 Å². The molecule has 0 unspecified atom stereocenters. The van der Waals surface area contributed by atoms with Crippen molar-refractivity contribution in [1.82, 2.24) is 5.32 Å². The Morgan fingerprint density at radius 3 is 2.93 bits per heavy atom. The minimum atomic E-state index is -0.839. The lowest BCUT2D eigenvalue weighted by Crippen LogP contribution is -2.34. The average Bonchev–Trinajstić information content (AvgIpc) is 2.62. The van der Waals surface area contributed by atoms with Crippen molar-refractivity contribution < 1.29 is 9.59 Å². The van der Waals surface area contributed by atoms with Crippen LogP contribution in [0.4, 0.5) is 10.5 Å². The van der Waals surface area contributed by atoms with Gasteiger partial charge in [-0.3, -0.25) is 10.1 Å². The molecule has 78 valence electrons. The topological polar surface area (TPSA) is 84.2 Å². The van der Waals surface area contributed by atoms with Gasteiger partial charge in [0.25, 0.3) is 5.91 Å². The number of amides is 3. The summed E-state index contributed by atoms with van der Waals surface area (Å²) in [5, 5.41) is 5.17. The van der Waals surface area contributed by atoms with Gasteiger partial charge in [-0.05, 0) is 24.1 Å². The highest BCUT2D eigenvalue weighted by molar-refractivity contribution is 6.04. The maximum Gasteiger partial charge on any atom is 0.319 e. The van der Waals surface area contributed by atoms with Crippen molar-refractivity contribution >= 4 is 17.6 Å². The summed E-state index contributed by atoms with van der Waals surface area (Å²) in [5.74, 6) is -0.473. The van der Waals surface area contributed by atoms with Gasteiger partial charge in [-0.1, -0.05) is 6.07 Å². The fourth-order valence-corrected chi connectivity index (χ4v) is 1.62. The number of nitrogens with one attached hydrogen (secondary N) is 2. The zero-order valence-electron chi connectivity index (χ0n) is 8.04. The number of primary amides is 1. The van der Waals surface area contributed by atoms with Crippen LogP contribution in [0.25, 0.3) is 0 Å². The van der Waals surface area contributed by atoms with E-state index in [2.05, 4.69) is 5.32 Å². The van der Waals surface area contributed by atoms with Gasteiger partial charge in [0.15, 0.2) is 0 Å². The van der Waals surface area contributed by atoms with Crippen molar-refractivity contribution in [1.29, 1.82) is 0 Å². The van der Waals surface area contributed by atoms with Crippen LogP contribution in [0.15, 0.2) is 18.2 Å². The van der Waals surface area contributed by atoms with Gasteiger partial charge in [0, 0.05) is 17.8 Å². The Morgan fingerprint density at radius 1 is 1.40 bits per heavy atom.